The minimum absolute atomic E-state index is 0.0842. The standard InChI is InChI=1S/C24H23BrCl2N4O4/c1-29(18-5-3-2-4-6-18)24(32)22-19(14-35-31(33)34)23(15-7-9-16(25)10-8-15)30(28-22)21-12-11-17(26)13-20(21)27/h7-13,18H,2-6,14H2,1H3. The molecule has 0 saturated heterocycles. The normalized spacial score (nSPS) is 14.1. The molecule has 1 aliphatic carbocycles. The summed E-state index contributed by atoms with van der Waals surface area (Å²) in [5.41, 5.74) is 2.04. The van der Waals surface area contributed by atoms with Crippen molar-refractivity contribution >= 4 is 45.0 Å². The molecule has 35 heavy (non-hydrogen) atoms. The van der Waals surface area contributed by atoms with Gasteiger partial charge in [0, 0.05) is 33.7 Å². The number of benzene rings is 2. The van der Waals surface area contributed by atoms with Gasteiger partial charge in [0.15, 0.2) is 5.69 Å². The Morgan fingerprint density at radius 2 is 1.89 bits per heavy atom. The summed E-state index contributed by atoms with van der Waals surface area (Å²) in [6.45, 7) is -0.441. The third kappa shape index (κ3) is 5.63. The lowest BCUT2D eigenvalue weighted by molar-refractivity contribution is -0.763. The van der Waals surface area contributed by atoms with Gasteiger partial charge in [0.25, 0.3) is 11.0 Å². The minimum atomic E-state index is -0.878. The van der Waals surface area contributed by atoms with Crippen LogP contribution in [0.4, 0.5) is 0 Å². The van der Waals surface area contributed by atoms with Crippen molar-refractivity contribution in [1.82, 2.24) is 14.7 Å². The van der Waals surface area contributed by atoms with E-state index in [2.05, 4.69) is 21.0 Å². The molecule has 1 saturated carbocycles. The number of nitrogens with zero attached hydrogens (tertiary/aromatic N) is 4. The molecular weight excluding hydrogens is 559 g/mol. The summed E-state index contributed by atoms with van der Waals surface area (Å²) in [4.78, 5) is 31.3. The van der Waals surface area contributed by atoms with E-state index in [1.54, 1.807) is 30.1 Å². The number of carbonyl (C=O) groups is 1. The third-order valence-corrected chi connectivity index (χ3v) is 7.27. The van der Waals surface area contributed by atoms with Gasteiger partial charge in [-0.05, 0) is 43.2 Å². The van der Waals surface area contributed by atoms with E-state index in [1.165, 1.54) is 4.68 Å². The van der Waals surface area contributed by atoms with Crippen molar-refractivity contribution in [2.75, 3.05) is 7.05 Å². The number of hydrogen-bond donors (Lipinski definition) is 0. The average Bonchev–Trinajstić information content (AvgIpc) is 3.22. The van der Waals surface area contributed by atoms with E-state index in [1.807, 2.05) is 24.3 Å². The molecule has 0 spiro atoms. The second-order valence-electron chi connectivity index (χ2n) is 8.40. The fourth-order valence-electron chi connectivity index (χ4n) is 4.41. The van der Waals surface area contributed by atoms with Crippen LogP contribution in [-0.4, -0.2) is 38.8 Å². The Labute approximate surface area is 221 Å². The predicted octanol–water partition coefficient (Wildman–Crippen LogP) is 6.72. The van der Waals surface area contributed by atoms with Crippen LogP contribution in [0, 0.1) is 10.1 Å². The maximum absolute atomic E-state index is 13.7. The van der Waals surface area contributed by atoms with Crippen molar-refractivity contribution in [3.63, 3.8) is 0 Å². The minimum Gasteiger partial charge on any atom is -0.337 e. The molecule has 1 aliphatic rings. The van der Waals surface area contributed by atoms with E-state index in [4.69, 9.17) is 28.0 Å². The molecule has 1 fully saturated rings. The van der Waals surface area contributed by atoms with Crippen molar-refractivity contribution < 1.29 is 14.7 Å². The maximum Gasteiger partial charge on any atom is 0.294 e. The van der Waals surface area contributed by atoms with E-state index >= 15 is 0 Å². The average molecular weight is 582 g/mol. The molecule has 0 atom stereocenters. The lowest BCUT2D eigenvalue weighted by Crippen LogP contribution is -2.39. The summed E-state index contributed by atoms with van der Waals surface area (Å²) < 4.78 is 2.39. The number of hydrogen-bond acceptors (Lipinski definition) is 5. The van der Waals surface area contributed by atoms with Gasteiger partial charge in [-0.3, -0.25) is 4.79 Å². The molecular formula is C24H23BrCl2N4O4. The molecule has 3 aromatic rings. The summed E-state index contributed by atoms with van der Waals surface area (Å²) in [5.74, 6) is -0.318. The van der Waals surface area contributed by atoms with Crippen LogP contribution in [0.2, 0.25) is 10.0 Å². The van der Waals surface area contributed by atoms with Gasteiger partial charge in [0.2, 0.25) is 0 Å². The molecule has 0 bridgehead atoms. The fraction of sp³-hybridized carbons (Fsp3) is 0.333. The Balaban J connectivity index is 1.91. The highest BCUT2D eigenvalue weighted by atomic mass is 79.9. The first-order chi connectivity index (χ1) is 16.8. The molecule has 0 aliphatic heterocycles. The van der Waals surface area contributed by atoms with Gasteiger partial charge < -0.3 is 9.74 Å². The summed E-state index contributed by atoms with van der Waals surface area (Å²) in [7, 11) is 1.75. The molecule has 11 heteroatoms. The van der Waals surface area contributed by atoms with Crippen molar-refractivity contribution in [3.05, 3.63) is 78.4 Å². The number of aromatic nitrogens is 2. The van der Waals surface area contributed by atoms with Crippen LogP contribution in [0.1, 0.15) is 48.2 Å². The first-order valence-corrected chi connectivity index (χ1v) is 12.7. The Kier molecular flexibility index (Phi) is 7.98. The van der Waals surface area contributed by atoms with Crippen LogP contribution >= 0.6 is 39.1 Å². The molecule has 1 aromatic heterocycles. The Morgan fingerprint density at radius 3 is 2.51 bits per heavy atom. The quantitative estimate of drug-likeness (QED) is 0.228. The molecule has 0 N–H and O–H groups in total. The maximum atomic E-state index is 13.7. The largest absolute Gasteiger partial charge is 0.337 e. The van der Waals surface area contributed by atoms with E-state index < -0.39 is 11.7 Å². The third-order valence-electron chi connectivity index (χ3n) is 6.20. The second kappa shape index (κ2) is 11.0. The summed E-state index contributed by atoms with van der Waals surface area (Å²) in [5, 5.41) is 15.6. The van der Waals surface area contributed by atoms with Crippen LogP contribution in [0.5, 0.6) is 0 Å². The second-order valence-corrected chi connectivity index (χ2v) is 10.2. The zero-order valence-corrected chi connectivity index (χ0v) is 22.0. The number of carbonyl (C=O) groups excluding carboxylic acids is 1. The molecule has 0 unspecified atom stereocenters. The first kappa shape index (κ1) is 25.5. The van der Waals surface area contributed by atoms with Crippen LogP contribution in [0.15, 0.2) is 46.9 Å². The van der Waals surface area contributed by atoms with Crippen molar-refractivity contribution in [2.24, 2.45) is 0 Å². The van der Waals surface area contributed by atoms with Gasteiger partial charge >= 0.3 is 0 Å². The van der Waals surface area contributed by atoms with Crippen LogP contribution in [0.3, 0.4) is 0 Å². The Bertz CT molecular complexity index is 1240. The summed E-state index contributed by atoms with van der Waals surface area (Å²) in [6.07, 6.45) is 5.08. The van der Waals surface area contributed by atoms with E-state index in [0.29, 0.717) is 32.6 Å². The highest BCUT2D eigenvalue weighted by Crippen LogP contribution is 2.35. The van der Waals surface area contributed by atoms with Gasteiger partial charge in [-0.1, -0.05) is 70.5 Å². The number of halogens is 3. The molecule has 184 valence electrons. The monoisotopic (exact) mass is 580 g/mol. The molecule has 8 nitrogen and oxygen atoms in total. The van der Waals surface area contributed by atoms with Gasteiger partial charge in [0.05, 0.1) is 16.4 Å². The zero-order valence-electron chi connectivity index (χ0n) is 18.9. The van der Waals surface area contributed by atoms with E-state index in [-0.39, 0.29) is 17.6 Å². The predicted molar refractivity (Wildman–Crippen MR) is 137 cm³/mol. The van der Waals surface area contributed by atoms with E-state index in [0.717, 1.165) is 36.6 Å². The van der Waals surface area contributed by atoms with Gasteiger partial charge in [0.1, 0.15) is 6.61 Å². The highest BCUT2D eigenvalue weighted by Gasteiger charge is 2.31. The summed E-state index contributed by atoms with van der Waals surface area (Å²) in [6, 6.07) is 12.4. The SMILES string of the molecule is CN(C(=O)c1nn(-c2ccc(Cl)cc2Cl)c(-c2ccc(Br)cc2)c1CO[N+](=O)[O-])C1CCCCC1. The topological polar surface area (TPSA) is 90.5 Å². The van der Waals surface area contributed by atoms with Crippen LogP contribution in [-0.2, 0) is 11.4 Å². The lowest BCUT2D eigenvalue weighted by atomic mass is 9.94. The number of amides is 1. The Hall–Kier alpha value is -2.62. The van der Waals surface area contributed by atoms with Gasteiger partial charge in [-0.25, -0.2) is 4.68 Å². The van der Waals surface area contributed by atoms with Crippen LogP contribution < -0.4 is 0 Å². The van der Waals surface area contributed by atoms with Crippen molar-refractivity contribution in [2.45, 2.75) is 44.8 Å². The smallest absolute Gasteiger partial charge is 0.294 e. The summed E-state index contributed by atoms with van der Waals surface area (Å²) >= 11 is 16.0. The highest BCUT2D eigenvalue weighted by molar-refractivity contribution is 9.10. The molecule has 0 radical (unpaired) electrons. The van der Waals surface area contributed by atoms with Gasteiger partial charge in [-0.15, -0.1) is 10.1 Å². The molecule has 2 aromatic carbocycles. The van der Waals surface area contributed by atoms with Crippen LogP contribution in [0.25, 0.3) is 16.9 Å². The van der Waals surface area contributed by atoms with Crippen molar-refractivity contribution in [1.29, 1.82) is 0 Å². The molecule has 1 heterocycles. The molecule has 4 rings (SSSR count). The molecule has 1 amide bonds. The lowest BCUT2D eigenvalue weighted by Gasteiger charge is -2.31. The van der Waals surface area contributed by atoms with Crippen molar-refractivity contribution in [3.8, 4) is 16.9 Å². The number of rotatable bonds is 7. The fourth-order valence-corrected chi connectivity index (χ4v) is 5.16. The van der Waals surface area contributed by atoms with E-state index in [9.17, 15) is 14.9 Å². The zero-order chi connectivity index (χ0) is 25.1. The first-order valence-electron chi connectivity index (χ1n) is 11.1. The Morgan fingerprint density at radius 1 is 1.20 bits per heavy atom. The van der Waals surface area contributed by atoms with Gasteiger partial charge in [-0.2, -0.15) is 5.10 Å².